The second kappa shape index (κ2) is 5.69. The van der Waals surface area contributed by atoms with E-state index in [2.05, 4.69) is 10.6 Å². The average Bonchev–Trinajstić information content (AvgIpc) is 2.40. The van der Waals surface area contributed by atoms with Crippen molar-refractivity contribution in [2.45, 2.75) is 50.5 Å². The van der Waals surface area contributed by atoms with Crippen LogP contribution in [0.3, 0.4) is 0 Å². The molecule has 0 aromatic heterocycles. The van der Waals surface area contributed by atoms with Crippen molar-refractivity contribution in [2.24, 2.45) is 11.7 Å². The first-order valence-electron chi connectivity index (χ1n) is 6.97. The molecule has 1 aliphatic heterocycles. The van der Waals surface area contributed by atoms with Crippen molar-refractivity contribution >= 4 is 11.8 Å². The van der Waals surface area contributed by atoms with Crippen LogP contribution < -0.4 is 16.4 Å². The van der Waals surface area contributed by atoms with Crippen LogP contribution in [0.25, 0.3) is 0 Å². The third-order valence-corrected chi connectivity index (χ3v) is 4.25. The second-order valence-electron chi connectivity index (χ2n) is 5.52. The predicted molar refractivity (Wildman–Crippen MR) is 68.7 cm³/mol. The van der Waals surface area contributed by atoms with Gasteiger partial charge in [0.1, 0.15) is 5.54 Å². The summed E-state index contributed by atoms with van der Waals surface area (Å²) < 4.78 is 0. The number of nitrogens with two attached hydrogens (primary N) is 1. The van der Waals surface area contributed by atoms with E-state index in [4.69, 9.17) is 5.73 Å². The molecule has 0 aromatic carbocycles. The Labute approximate surface area is 108 Å². The van der Waals surface area contributed by atoms with Gasteiger partial charge in [-0.25, -0.2) is 0 Å². The maximum atomic E-state index is 12.2. The molecule has 4 N–H and O–H groups in total. The summed E-state index contributed by atoms with van der Waals surface area (Å²) in [6.07, 6.45) is 6.14. The molecule has 0 bridgehead atoms. The van der Waals surface area contributed by atoms with Gasteiger partial charge in [-0.05, 0) is 38.8 Å². The normalized spacial score (nSPS) is 24.4. The molecule has 18 heavy (non-hydrogen) atoms. The van der Waals surface area contributed by atoms with Gasteiger partial charge in [-0.2, -0.15) is 0 Å². The Morgan fingerprint density at radius 1 is 1.11 bits per heavy atom. The molecular weight excluding hydrogens is 230 g/mol. The molecule has 5 heteroatoms. The van der Waals surface area contributed by atoms with Gasteiger partial charge < -0.3 is 16.4 Å². The fourth-order valence-electron chi connectivity index (χ4n) is 3.01. The first-order chi connectivity index (χ1) is 8.64. The molecule has 0 atom stereocenters. The van der Waals surface area contributed by atoms with Crippen molar-refractivity contribution in [1.82, 2.24) is 10.6 Å². The molecule has 1 aliphatic carbocycles. The zero-order valence-electron chi connectivity index (χ0n) is 10.8. The van der Waals surface area contributed by atoms with Gasteiger partial charge in [0, 0.05) is 5.92 Å². The largest absolute Gasteiger partial charge is 0.368 e. The minimum Gasteiger partial charge on any atom is -0.368 e. The molecular formula is C13H23N3O2. The maximum Gasteiger partial charge on any atom is 0.243 e. The average molecular weight is 253 g/mol. The lowest BCUT2D eigenvalue weighted by Gasteiger charge is -2.36. The van der Waals surface area contributed by atoms with Gasteiger partial charge in [0.25, 0.3) is 0 Å². The smallest absolute Gasteiger partial charge is 0.243 e. The number of hydrogen-bond donors (Lipinski definition) is 3. The van der Waals surface area contributed by atoms with Crippen LogP contribution in [0, 0.1) is 5.92 Å². The highest BCUT2D eigenvalue weighted by Gasteiger charge is 2.40. The summed E-state index contributed by atoms with van der Waals surface area (Å²) >= 11 is 0. The third kappa shape index (κ3) is 2.83. The van der Waals surface area contributed by atoms with Crippen LogP contribution in [0.2, 0.25) is 0 Å². The minimum atomic E-state index is -0.778. The highest BCUT2D eigenvalue weighted by molar-refractivity contribution is 5.91. The van der Waals surface area contributed by atoms with Crippen molar-refractivity contribution < 1.29 is 9.59 Å². The molecule has 0 spiro atoms. The van der Waals surface area contributed by atoms with Crippen LogP contribution in [0.4, 0.5) is 0 Å². The minimum absolute atomic E-state index is 0.0113. The van der Waals surface area contributed by atoms with E-state index in [9.17, 15) is 9.59 Å². The number of primary amides is 1. The fourth-order valence-corrected chi connectivity index (χ4v) is 3.01. The lowest BCUT2D eigenvalue weighted by Crippen LogP contribution is -2.60. The number of carbonyl (C=O) groups excluding carboxylic acids is 2. The zero-order chi connectivity index (χ0) is 13.0. The summed E-state index contributed by atoms with van der Waals surface area (Å²) in [6.45, 7) is 1.75. The molecule has 5 nitrogen and oxygen atoms in total. The number of carbonyl (C=O) groups is 2. The lowest BCUT2D eigenvalue weighted by molar-refractivity contribution is -0.135. The van der Waals surface area contributed by atoms with E-state index in [0.29, 0.717) is 12.8 Å². The number of amides is 2. The number of piperidine rings is 1. The van der Waals surface area contributed by atoms with Crippen molar-refractivity contribution in [3.8, 4) is 0 Å². The van der Waals surface area contributed by atoms with Gasteiger partial charge in [-0.3, -0.25) is 9.59 Å². The van der Waals surface area contributed by atoms with E-state index in [1.165, 1.54) is 0 Å². The SMILES string of the molecule is NC(=O)C1(NC(=O)C2CCNCC2)CCCCC1. The third-order valence-electron chi connectivity index (χ3n) is 4.25. The second-order valence-corrected chi connectivity index (χ2v) is 5.52. The van der Waals surface area contributed by atoms with Gasteiger partial charge in [-0.1, -0.05) is 19.3 Å². The molecule has 1 saturated heterocycles. The molecule has 2 fully saturated rings. The first-order valence-corrected chi connectivity index (χ1v) is 6.97. The number of rotatable bonds is 3. The summed E-state index contributed by atoms with van der Waals surface area (Å²) in [5.74, 6) is -0.328. The Morgan fingerprint density at radius 2 is 1.72 bits per heavy atom. The van der Waals surface area contributed by atoms with Gasteiger partial charge in [-0.15, -0.1) is 0 Å². The molecule has 2 rings (SSSR count). The maximum absolute atomic E-state index is 12.2. The van der Waals surface area contributed by atoms with Gasteiger partial charge in [0.2, 0.25) is 11.8 Å². The van der Waals surface area contributed by atoms with E-state index in [-0.39, 0.29) is 17.7 Å². The molecule has 102 valence electrons. The van der Waals surface area contributed by atoms with E-state index >= 15 is 0 Å². The molecule has 0 radical (unpaired) electrons. The summed E-state index contributed by atoms with van der Waals surface area (Å²) in [7, 11) is 0. The van der Waals surface area contributed by atoms with Gasteiger partial charge >= 0.3 is 0 Å². The Hall–Kier alpha value is -1.10. The van der Waals surface area contributed by atoms with Gasteiger partial charge in [0.15, 0.2) is 0 Å². The van der Waals surface area contributed by atoms with Crippen LogP contribution in [0.15, 0.2) is 0 Å². The Bertz CT molecular complexity index is 318. The molecule has 1 saturated carbocycles. The molecule has 2 aliphatic rings. The highest BCUT2D eigenvalue weighted by Crippen LogP contribution is 2.28. The van der Waals surface area contributed by atoms with E-state index < -0.39 is 5.54 Å². The van der Waals surface area contributed by atoms with Crippen LogP contribution in [0.5, 0.6) is 0 Å². The van der Waals surface area contributed by atoms with Crippen molar-refractivity contribution in [3.63, 3.8) is 0 Å². The quantitative estimate of drug-likeness (QED) is 0.676. The molecule has 0 unspecified atom stereocenters. The summed E-state index contributed by atoms with van der Waals surface area (Å²) in [4.78, 5) is 23.9. The summed E-state index contributed by atoms with van der Waals surface area (Å²) in [5.41, 5.74) is 4.74. The topological polar surface area (TPSA) is 84.2 Å². The van der Waals surface area contributed by atoms with E-state index in [1.54, 1.807) is 0 Å². The summed E-state index contributed by atoms with van der Waals surface area (Å²) in [5, 5.41) is 6.19. The Morgan fingerprint density at radius 3 is 2.28 bits per heavy atom. The fraction of sp³-hybridized carbons (Fsp3) is 0.846. The van der Waals surface area contributed by atoms with E-state index in [0.717, 1.165) is 45.2 Å². The van der Waals surface area contributed by atoms with Crippen molar-refractivity contribution in [2.75, 3.05) is 13.1 Å². The number of hydrogen-bond acceptors (Lipinski definition) is 3. The lowest BCUT2D eigenvalue weighted by atomic mass is 9.80. The Kier molecular flexibility index (Phi) is 4.22. The van der Waals surface area contributed by atoms with Crippen LogP contribution >= 0.6 is 0 Å². The first kappa shape index (κ1) is 13.3. The monoisotopic (exact) mass is 253 g/mol. The standard InChI is InChI=1S/C13H23N3O2/c14-12(18)13(6-2-1-3-7-13)16-11(17)10-4-8-15-9-5-10/h10,15H,1-9H2,(H2,14,18)(H,16,17). The molecule has 0 aromatic rings. The molecule has 1 heterocycles. The highest BCUT2D eigenvalue weighted by atomic mass is 16.2. The Balaban J connectivity index is 1.99. The van der Waals surface area contributed by atoms with Crippen LogP contribution in [-0.2, 0) is 9.59 Å². The van der Waals surface area contributed by atoms with E-state index in [1.807, 2.05) is 0 Å². The zero-order valence-corrected chi connectivity index (χ0v) is 10.8. The van der Waals surface area contributed by atoms with Gasteiger partial charge in [0.05, 0.1) is 0 Å². The van der Waals surface area contributed by atoms with Crippen molar-refractivity contribution in [3.05, 3.63) is 0 Å². The van der Waals surface area contributed by atoms with Crippen LogP contribution in [-0.4, -0.2) is 30.4 Å². The predicted octanol–water partition coefficient (Wildman–Crippen LogP) is 0.290. The molecule has 2 amide bonds. The van der Waals surface area contributed by atoms with Crippen molar-refractivity contribution in [1.29, 1.82) is 0 Å². The van der Waals surface area contributed by atoms with Crippen LogP contribution in [0.1, 0.15) is 44.9 Å². The summed E-state index contributed by atoms with van der Waals surface area (Å²) in [6, 6.07) is 0. The number of nitrogens with one attached hydrogen (secondary N) is 2.